The van der Waals surface area contributed by atoms with Crippen LogP contribution in [-0.2, 0) is 0 Å². The molecular formula is C51H37N3O. The number of para-hydroxylation sites is 2. The van der Waals surface area contributed by atoms with E-state index < -0.39 is 0 Å². The van der Waals surface area contributed by atoms with E-state index in [0.29, 0.717) is 5.92 Å². The van der Waals surface area contributed by atoms with Crippen molar-refractivity contribution in [3.8, 4) is 16.9 Å². The molecular weight excluding hydrogens is 671 g/mol. The summed E-state index contributed by atoms with van der Waals surface area (Å²) in [5.41, 5.74) is 11.8. The van der Waals surface area contributed by atoms with Gasteiger partial charge in [-0.05, 0) is 99.6 Å². The molecule has 4 nitrogen and oxygen atoms in total. The van der Waals surface area contributed by atoms with E-state index in [1.54, 1.807) is 0 Å². The average molecular weight is 708 g/mol. The van der Waals surface area contributed by atoms with Crippen molar-refractivity contribution < 1.29 is 4.74 Å². The molecule has 8 aromatic carbocycles. The second-order valence-electron chi connectivity index (χ2n) is 14.5. The summed E-state index contributed by atoms with van der Waals surface area (Å²) in [6.07, 6.45) is 8.83. The summed E-state index contributed by atoms with van der Waals surface area (Å²) in [5.74, 6) is 1.19. The van der Waals surface area contributed by atoms with E-state index in [1.807, 2.05) is 6.07 Å². The first-order valence-electron chi connectivity index (χ1n) is 19.0. The van der Waals surface area contributed by atoms with Crippen molar-refractivity contribution >= 4 is 55.7 Å². The van der Waals surface area contributed by atoms with Crippen LogP contribution in [-0.4, -0.2) is 6.04 Å². The van der Waals surface area contributed by atoms with E-state index in [0.717, 1.165) is 34.1 Å². The third kappa shape index (κ3) is 5.29. The van der Waals surface area contributed by atoms with Gasteiger partial charge in [0.25, 0.3) is 0 Å². The first-order valence-corrected chi connectivity index (χ1v) is 19.0. The Kier molecular flexibility index (Phi) is 7.34. The molecule has 1 N–H and O–H groups in total. The van der Waals surface area contributed by atoms with Gasteiger partial charge in [0.15, 0.2) is 6.23 Å². The maximum Gasteiger partial charge on any atom is 0.196 e. The van der Waals surface area contributed by atoms with Crippen molar-refractivity contribution in [1.82, 2.24) is 0 Å². The molecule has 2 aliphatic heterocycles. The number of rotatable bonds is 6. The standard InChI is InChI=1S/C51H37N3O/c1-4-12-36(13-5-1)51-52-50-48(55-51)31-25-35-20-21-38-32-42(28-29-43(38)49(35)50)53(39-14-6-2-7-15-39)41-26-22-34(23-27-41)37-24-30-47-45(33-37)44-18-10-11-19-46(44)54(47)40-16-8-3-9-17-40/h1-33,44,46,51-52H. The van der Waals surface area contributed by atoms with Crippen LogP contribution in [0.5, 0.6) is 5.75 Å². The zero-order chi connectivity index (χ0) is 36.3. The minimum Gasteiger partial charge on any atom is -0.464 e. The average Bonchev–Trinajstić information content (AvgIpc) is 3.85. The molecule has 0 aromatic heterocycles. The Bertz CT molecular complexity index is 2780. The summed E-state index contributed by atoms with van der Waals surface area (Å²) in [7, 11) is 0. The van der Waals surface area contributed by atoms with E-state index in [4.69, 9.17) is 4.74 Å². The summed E-state index contributed by atoms with van der Waals surface area (Å²) in [6, 6.07) is 63.5. The van der Waals surface area contributed by atoms with E-state index in [9.17, 15) is 0 Å². The molecule has 0 fully saturated rings. The molecule has 1 aliphatic carbocycles. The van der Waals surface area contributed by atoms with Crippen LogP contribution in [0.15, 0.2) is 200 Å². The predicted octanol–water partition coefficient (Wildman–Crippen LogP) is 13.4. The van der Waals surface area contributed by atoms with Gasteiger partial charge < -0.3 is 19.9 Å². The predicted molar refractivity (Wildman–Crippen MR) is 228 cm³/mol. The number of nitrogens with zero attached hydrogens (tertiary/aromatic N) is 2. The number of allylic oxidation sites excluding steroid dienone is 2. The second-order valence-corrected chi connectivity index (χ2v) is 14.5. The number of fused-ring (bicyclic) bond motifs is 8. The molecule has 3 aliphatic rings. The van der Waals surface area contributed by atoms with Crippen LogP contribution < -0.4 is 19.9 Å². The molecule has 2 heterocycles. The van der Waals surface area contributed by atoms with Gasteiger partial charge in [0, 0.05) is 45.3 Å². The fourth-order valence-electron chi connectivity index (χ4n) is 8.81. The van der Waals surface area contributed by atoms with Crippen molar-refractivity contribution in [2.24, 2.45) is 0 Å². The lowest BCUT2D eigenvalue weighted by molar-refractivity contribution is 0.260. The van der Waals surface area contributed by atoms with Crippen LogP contribution >= 0.6 is 0 Å². The van der Waals surface area contributed by atoms with Crippen molar-refractivity contribution in [1.29, 1.82) is 0 Å². The van der Waals surface area contributed by atoms with Crippen molar-refractivity contribution in [3.63, 3.8) is 0 Å². The van der Waals surface area contributed by atoms with Gasteiger partial charge in [-0.2, -0.15) is 0 Å². The van der Waals surface area contributed by atoms with Crippen molar-refractivity contribution in [2.75, 3.05) is 15.1 Å². The van der Waals surface area contributed by atoms with Gasteiger partial charge in [0.2, 0.25) is 0 Å². The van der Waals surface area contributed by atoms with Crippen molar-refractivity contribution in [2.45, 2.75) is 18.2 Å². The lowest BCUT2D eigenvalue weighted by atomic mass is 9.89. The molecule has 3 atom stereocenters. The summed E-state index contributed by atoms with van der Waals surface area (Å²) in [6.45, 7) is 0. The smallest absolute Gasteiger partial charge is 0.196 e. The topological polar surface area (TPSA) is 27.7 Å². The highest BCUT2D eigenvalue weighted by atomic mass is 16.5. The van der Waals surface area contributed by atoms with Gasteiger partial charge >= 0.3 is 0 Å². The SMILES string of the molecule is C1=CC2c3cc(-c4ccc(N(c5ccccc5)c5ccc6c(ccc7ccc8c(c76)NC(c6ccccc6)O8)c5)cc4)ccc3N(c3ccccc3)C2C=C1. The van der Waals surface area contributed by atoms with Gasteiger partial charge in [-0.25, -0.2) is 0 Å². The molecule has 0 saturated carbocycles. The Balaban J connectivity index is 0.953. The van der Waals surface area contributed by atoms with Crippen LogP contribution in [0.25, 0.3) is 32.7 Å². The van der Waals surface area contributed by atoms with Gasteiger partial charge in [0.1, 0.15) is 5.75 Å². The number of hydrogen-bond donors (Lipinski definition) is 1. The summed E-state index contributed by atoms with van der Waals surface area (Å²) in [4.78, 5) is 4.83. The molecule has 0 radical (unpaired) electrons. The lowest BCUT2D eigenvalue weighted by Crippen LogP contribution is -2.28. The molecule has 0 saturated heterocycles. The first kappa shape index (κ1) is 31.5. The Morgan fingerprint density at radius 1 is 0.545 bits per heavy atom. The van der Waals surface area contributed by atoms with Gasteiger partial charge in [-0.15, -0.1) is 0 Å². The normalized spacial score (nSPS) is 17.7. The summed E-state index contributed by atoms with van der Waals surface area (Å²) in [5, 5.41) is 8.43. The number of ether oxygens (including phenoxy) is 1. The number of nitrogens with one attached hydrogen (secondary N) is 1. The highest BCUT2D eigenvalue weighted by molar-refractivity contribution is 6.15. The third-order valence-electron chi connectivity index (χ3n) is 11.4. The van der Waals surface area contributed by atoms with Crippen LogP contribution in [0.2, 0.25) is 0 Å². The van der Waals surface area contributed by atoms with Gasteiger partial charge in [-0.3, -0.25) is 0 Å². The number of hydrogen-bond acceptors (Lipinski definition) is 4. The third-order valence-corrected chi connectivity index (χ3v) is 11.4. The Hall–Kier alpha value is -7.04. The Morgan fingerprint density at radius 2 is 1.22 bits per heavy atom. The van der Waals surface area contributed by atoms with E-state index in [-0.39, 0.29) is 12.3 Å². The molecule has 4 heteroatoms. The fourth-order valence-corrected chi connectivity index (χ4v) is 8.81. The van der Waals surface area contributed by atoms with E-state index in [1.165, 1.54) is 49.6 Å². The molecule has 11 rings (SSSR count). The highest BCUT2D eigenvalue weighted by Crippen LogP contribution is 2.49. The van der Waals surface area contributed by atoms with Crippen molar-refractivity contribution in [3.05, 3.63) is 211 Å². The van der Waals surface area contributed by atoms with E-state index in [2.05, 4.69) is 209 Å². The zero-order valence-electron chi connectivity index (χ0n) is 30.1. The lowest BCUT2D eigenvalue weighted by Gasteiger charge is -2.28. The molecule has 0 amide bonds. The highest BCUT2D eigenvalue weighted by Gasteiger charge is 2.37. The summed E-state index contributed by atoms with van der Waals surface area (Å²) >= 11 is 0. The molecule has 3 unspecified atom stereocenters. The first-order chi connectivity index (χ1) is 27.3. The molecule has 0 spiro atoms. The van der Waals surface area contributed by atoms with E-state index >= 15 is 0 Å². The summed E-state index contributed by atoms with van der Waals surface area (Å²) < 4.78 is 6.41. The molecule has 0 bridgehead atoms. The Morgan fingerprint density at radius 3 is 2.04 bits per heavy atom. The second kappa shape index (κ2) is 12.8. The maximum atomic E-state index is 6.41. The minimum atomic E-state index is -0.216. The van der Waals surface area contributed by atoms with Crippen LogP contribution in [0.1, 0.15) is 23.3 Å². The zero-order valence-corrected chi connectivity index (χ0v) is 30.1. The maximum absolute atomic E-state index is 6.41. The minimum absolute atomic E-state index is 0.216. The Labute approximate surface area is 320 Å². The molecule has 262 valence electrons. The van der Waals surface area contributed by atoms with Crippen LogP contribution in [0, 0.1) is 0 Å². The van der Waals surface area contributed by atoms with Gasteiger partial charge in [0.05, 0.1) is 11.7 Å². The molecule has 55 heavy (non-hydrogen) atoms. The largest absolute Gasteiger partial charge is 0.464 e. The monoisotopic (exact) mass is 707 g/mol. The van der Waals surface area contributed by atoms with Gasteiger partial charge in [-0.1, -0.05) is 133 Å². The number of benzene rings is 8. The fraction of sp³-hybridized carbons (Fsp3) is 0.0588. The van der Waals surface area contributed by atoms with Crippen LogP contribution in [0.3, 0.4) is 0 Å². The van der Waals surface area contributed by atoms with Crippen LogP contribution in [0.4, 0.5) is 34.1 Å². The number of anilines is 6. The quantitative estimate of drug-likeness (QED) is 0.174. The molecule has 8 aromatic rings.